The highest BCUT2D eigenvalue weighted by atomic mass is 32.2. The molecule has 0 unspecified atom stereocenters. The second-order valence-corrected chi connectivity index (χ2v) is 12.5. The number of amides is 1. The summed E-state index contributed by atoms with van der Waals surface area (Å²) in [6, 6.07) is 12.1. The maximum atomic E-state index is 14.5. The van der Waals surface area contributed by atoms with Crippen LogP contribution in [0.3, 0.4) is 0 Å². The zero-order valence-corrected chi connectivity index (χ0v) is 24.3. The summed E-state index contributed by atoms with van der Waals surface area (Å²) in [6.07, 6.45) is 5.69. The van der Waals surface area contributed by atoms with Gasteiger partial charge in [0.05, 0.1) is 17.9 Å². The molecule has 8 nitrogen and oxygen atoms in total. The van der Waals surface area contributed by atoms with Crippen molar-refractivity contribution < 1.29 is 23.8 Å². The standard InChI is InChI=1S/C30H37FN4O4S.H2/c1-20(2)19-39-25-16-23(15-24(31)17-25)27-14-13-26(29(33-27)35(4)18-22-10-6-5-7-11-22)30(36)34-40(37,38)28-12-8-9-21(3)32-28;/h8-9,12-17,20,22H,5-7,10-11,18-19H2,1-4H3,(H,34,36);1H. The number of hydrogen-bond acceptors (Lipinski definition) is 7. The number of sulfonamides is 1. The van der Waals surface area contributed by atoms with E-state index in [1.54, 1.807) is 31.2 Å². The number of anilines is 1. The van der Waals surface area contributed by atoms with Crippen LogP contribution in [0.4, 0.5) is 10.2 Å². The molecule has 1 aliphatic rings. The smallest absolute Gasteiger partial charge is 0.281 e. The van der Waals surface area contributed by atoms with E-state index < -0.39 is 21.7 Å². The van der Waals surface area contributed by atoms with Gasteiger partial charge < -0.3 is 9.64 Å². The Hall–Kier alpha value is -3.53. The van der Waals surface area contributed by atoms with E-state index in [1.807, 2.05) is 25.8 Å². The third-order valence-electron chi connectivity index (χ3n) is 6.85. The van der Waals surface area contributed by atoms with E-state index in [9.17, 15) is 17.6 Å². The molecule has 2 aromatic heterocycles. The minimum atomic E-state index is -4.21. The van der Waals surface area contributed by atoms with E-state index in [1.165, 1.54) is 30.7 Å². The molecule has 216 valence electrons. The number of aromatic nitrogens is 2. The van der Waals surface area contributed by atoms with Crippen molar-refractivity contribution in [1.82, 2.24) is 14.7 Å². The van der Waals surface area contributed by atoms with Crippen molar-refractivity contribution in [2.45, 2.75) is 57.9 Å². The van der Waals surface area contributed by atoms with Gasteiger partial charge >= 0.3 is 0 Å². The fourth-order valence-corrected chi connectivity index (χ4v) is 5.86. The first-order chi connectivity index (χ1) is 19.0. The molecular formula is C30H39FN4O4S. The Kier molecular flexibility index (Phi) is 9.40. The van der Waals surface area contributed by atoms with Gasteiger partial charge in [-0.15, -0.1) is 0 Å². The van der Waals surface area contributed by atoms with Crippen LogP contribution in [0.5, 0.6) is 5.75 Å². The van der Waals surface area contributed by atoms with Crippen LogP contribution in [0.2, 0.25) is 0 Å². The number of nitrogens with one attached hydrogen (secondary N) is 1. The molecule has 3 aromatic rings. The van der Waals surface area contributed by atoms with Crippen LogP contribution in [0.25, 0.3) is 11.3 Å². The average Bonchev–Trinajstić information content (AvgIpc) is 2.91. The second-order valence-electron chi connectivity index (χ2n) is 10.9. The minimum absolute atomic E-state index is 0. The lowest BCUT2D eigenvalue weighted by Crippen LogP contribution is -2.34. The predicted octanol–water partition coefficient (Wildman–Crippen LogP) is 6.01. The van der Waals surface area contributed by atoms with Crippen LogP contribution in [0.1, 0.15) is 63.4 Å². The van der Waals surface area contributed by atoms with Crippen LogP contribution in [0, 0.1) is 24.6 Å². The first kappa shape index (κ1) is 29.5. The molecule has 40 heavy (non-hydrogen) atoms. The van der Waals surface area contributed by atoms with Gasteiger partial charge in [-0.2, -0.15) is 8.42 Å². The molecule has 4 rings (SSSR count). The topological polar surface area (TPSA) is 101 Å². The molecule has 1 aromatic carbocycles. The van der Waals surface area contributed by atoms with E-state index in [0.717, 1.165) is 25.7 Å². The van der Waals surface area contributed by atoms with Crippen LogP contribution in [-0.2, 0) is 10.0 Å². The zero-order valence-electron chi connectivity index (χ0n) is 23.5. The quantitative estimate of drug-likeness (QED) is 0.319. The van der Waals surface area contributed by atoms with E-state index in [4.69, 9.17) is 9.72 Å². The number of carbonyl (C=O) groups excluding carboxylic acids is 1. The lowest BCUT2D eigenvalue weighted by Gasteiger charge is -2.29. The molecule has 2 heterocycles. The fourth-order valence-electron chi connectivity index (χ4n) is 4.87. The number of benzene rings is 1. The van der Waals surface area contributed by atoms with E-state index >= 15 is 0 Å². The molecule has 1 fully saturated rings. The summed E-state index contributed by atoms with van der Waals surface area (Å²) in [5, 5.41) is -0.240. The van der Waals surface area contributed by atoms with Crippen molar-refractivity contribution in [1.29, 1.82) is 0 Å². The van der Waals surface area contributed by atoms with Gasteiger partial charge in [-0.05, 0) is 68.0 Å². The van der Waals surface area contributed by atoms with Gasteiger partial charge in [-0.1, -0.05) is 39.2 Å². The van der Waals surface area contributed by atoms with E-state index in [-0.39, 0.29) is 17.9 Å². The summed E-state index contributed by atoms with van der Waals surface area (Å²) in [6.45, 7) is 6.79. The Labute approximate surface area is 237 Å². The zero-order chi connectivity index (χ0) is 28.9. The molecule has 1 amide bonds. The number of aryl methyl sites for hydroxylation is 1. The van der Waals surface area contributed by atoms with Crippen molar-refractivity contribution in [3.8, 4) is 17.0 Å². The Bertz CT molecular complexity index is 1460. The van der Waals surface area contributed by atoms with Crippen molar-refractivity contribution in [2.75, 3.05) is 25.1 Å². The van der Waals surface area contributed by atoms with E-state index in [2.05, 4.69) is 9.71 Å². The number of nitrogens with zero attached hydrogens (tertiary/aromatic N) is 3. The van der Waals surface area contributed by atoms with Gasteiger partial charge in [0.15, 0.2) is 5.03 Å². The van der Waals surface area contributed by atoms with Crippen molar-refractivity contribution in [2.24, 2.45) is 11.8 Å². The summed E-state index contributed by atoms with van der Waals surface area (Å²) in [5.74, 6) is 0.143. The van der Waals surface area contributed by atoms with Gasteiger partial charge in [-0.3, -0.25) is 4.79 Å². The molecule has 1 saturated carbocycles. The molecular weight excluding hydrogens is 531 g/mol. The van der Waals surface area contributed by atoms with E-state index in [0.29, 0.717) is 47.6 Å². The molecule has 0 atom stereocenters. The highest BCUT2D eigenvalue weighted by molar-refractivity contribution is 7.90. The van der Waals surface area contributed by atoms with Crippen LogP contribution < -0.4 is 14.4 Å². The number of hydrogen-bond donors (Lipinski definition) is 1. The van der Waals surface area contributed by atoms with Gasteiger partial charge in [0, 0.05) is 32.3 Å². The highest BCUT2D eigenvalue weighted by Crippen LogP contribution is 2.30. The maximum Gasteiger partial charge on any atom is 0.281 e. The minimum Gasteiger partial charge on any atom is -0.493 e. The normalized spacial score (nSPS) is 14.2. The largest absolute Gasteiger partial charge is 0.493 e. The highest BCUT2D eigenvalue weighted by Gasteiger charge is 2.26. The number of ether oxygens (including phenoxy) is 1. The van der Waals surface area contributed by atoms with Gasteiger partial charge in [0.1, 0.15) is 17.4 Å². The molecule has 0 spiro atoms. The molecule has 10 heteroatoms. The first-order valence-corrected chi connectivity index (χ1v) is 15.2. The number of pyridine rings is 2. The monoisotopic (exact) mass is 570 g/mol. The second kappa shape index (κ2) is 12.8. The first-order valence-electron chi connectivity index (χ1n) is 13.7. The van der Waals surface area contributed by atoms with Crippen LogP contribution >= 0.6 is 0 Å². The molecule has 1 aliphatic carbocycles. The Balaban J connectivity index is 0.00000462. The third kappa shape index (κ3) is 7.56. The molecule has 1 N–H and O–H groups in total. The van der Waals surface area contributed by atoms with Crippen molar-refractivity contribution in [3.63, 3.8) is 0 Å². The summed E-state index contributed by atoms with van der Waals surface area (Å²) in [7, 11) is -2.37. The summed E-state index contributed by atoms with van der Waals surface area (Å²) in [5.41, 5.74) is 1.56. The van der Waals surface area contributed by atoms with Crippen molar-refractivity contribution >= 4 is 21.7 Å². The van der Waals surface area contributed by atoms with Gasteiger partial charge in [0.25, 0.3) is 15.9 Å². The third-order valence-corrected chi connectivity index (χ3v) is 8.09. The van der Waals surface area contributed by atoms with Crippen LogP contribution in [-0.4, -0.2) is 44.5 Å². The summed E-state index contributed by atoms with van der Waals surface area (Å²) < 4.78 is 48.3. The van der Waals surface area contributed by atoms with Gasteiger partial charge in [-0.25, -0.2) is 19.1 Å². The van der Waals surface area contributed by atoms with Gasteiger partial charge in [0.2, 0.25) is 0 Å². The molecule has 0 radical (unpaired) electrons. The number of halogens is 1. The fraction of sp³-hybridized carbons (Fsp3) is 0.433. The van der Waals surface area contributed by atoms with Crippen LogP contribution in [0.15, 0.2) is 53.6 Å². The molecule has 0 saturated heterocycles. The maximum absolute atomic E-state index is 14.5. The molecule has 0 bridgehead atoms. The Morgan fingerprint density at radius 1 is 1.12 bits per heavy atom. The van der Waals surface area contributed by atoms with Crippen molar-refractivity contribution in [3.05, 3.63) is 65.6 Å². The lowest BCUT2D eigenvalue weighted by atomic mass is 9.89. The SMILES string of the molecule is Cc1cccc(S(=O)(=O)NC(=O)c2ccc(-c3cc(F)cc(OCC(C)C)c3)nc2N(C)CC2CCCCC2)n1.[HH]. The summed E-state index contributed by atoms with van der Waals surface area (Å²) >= 11 is 0. The molecule has 0 aliphatic heterocycles. The predicted molar refractivity (Wildman–Crippen MR) is 156 cm³/mol. The Morgan fingerprint density at radius 2 is 1.88 bits per heavy atom. The number of carbonyl (C=O) groups is 1. The Morgan fingerprint density at radius 3 is 2.58 bits per heavy atom. The average molecular weight is 571 g/mol. The summed E-state index contributed by atoms with van der Waals surface area (Å²) in [4.78, 5) is 24.1. The number of rotatable bonds is 10. The lowest BCUT2D eigenvalue weighted by molar-refractivity contribution is 0.0981.